The fourth-order valence-corrected chi connectivity index (χ4v) is 3.75. The molecule has 0 saturated carbocycles. The summed E-state index contributed by atoms with van der Waals surface area (Å²) < 4.78 is 1.72. The number of aromatic nitrogens is 2. The smallest absolute Gasteiger partial charge is 0.312 e. The summed E-state index contributed by atoms with van der Waals surface area (Å²) in [5.74, 6) is 0. The number of hydrogen-bond acceptors (Lipinski definition) is 5. The first-order valence-electron chi connectivity index (χ1n) is 9.17. The third kappa shape index (κ3) is 3.88. The molecule has 7 nitrogen and oxygen atoms in total. The third-order valence-electron chi connectivity index (χ3n) is 5.03. The summed E-state index contributed by atoms with van der Waals surface area (Å²) in [6.45, 7) is 6.98. The van der Waals surface area contributed by atoms with Crippen LogP contribution in [0.15, 0.2) is 24.3 Å². The summed E-state index contributed by atoms with van der Waals surface area (Å²) >= 11 is 0. The topological polar surface area (TPSA) is 67.4 Å². The third-order valence-corrected chi connectivity index (χ3v) is 5.03. The van der Waals surface area contributed by atoms with E-state index in [4.69, 9.17) is 0 Å². The highest BCUT2D eigenvalue weighted by molar-refractivity contribution is 5.53. The van der Waals surface area contributed by atoms with E-state index in [0.717, 1.165) is 19.6 Å². The van der Waals surface area contributed by atoms with E-state index in [2.05, 4.69) is 39.2 Å². The largest absolute Gasteiger partial charge is 0.371 e. The maximum atomic E-state index is 11.2. The van der Waals surface area contributed by atoms with Crippen LogP contribution in [0.5, 0.6) is 0 Å². The van der Waals surface area contributed by atoms with Crippen LogP contribution in [0.2, 0.25) is 0 Å². The van der Waals surface area contributed by atoms with Crippen molar-refractivity contribution in [3.8, 4) is 0 Å². The van der Waals surface area contributed by atoms with Crippen molar-refractivity contribution < 1.29 is 4.92 Å². The molecule has 1 aromatic carbocycles. The Morgan fingerprint density at radius 1 is 1.19 bits per heavy atom. The van der Waals surface area contributed by atoms with Crippen LogP contribution in [0.4, 0.5) is 11.4 Å². The molecule has 1 saturated heterocycles. The van der Waals surface area contributed by atoms with Crippen LogP contribution >= 0.6 is 0 Å². The van der Waals surface area contributed by atoms with Gasteiger partial charge in [-0.2, -0.15) is 5.10 Å². The number of piperidine rings is 1. The average Bonchev–Trinajstić information content (AvgIpc) is 2.89. The molecule has 1 aliphatic heterocycles. The molecule has 0 N–H and O–H groups in total. The molecule has 0 aliphatic carbocycles. The maximum Gasteiger partial charge on any atom is 0.312 e. The second-order valence-electron chi connectivity index (χ2n) is 7.11. The van der Waals surface area contributed by atoms with Crippen LogP contribution in [0.3, 0.4) is 0 Å². The summed E-state index contributed by atoms with van der Waals surface area (Å²) in [5, 5.41) is 15.5. The highest BCUT2D eigenvalue weighted by atomic mass is 16.6. The van der Waals surface area contributed by atoms with Gasteiger partial charge in [0.25, 0.3) is 0 Å². The second kappa shape index (κ2) is 7.86. The first kappa shape index (κ1) is 18.4. The van der Waals surface area contributed by atoms with Gasteiger partial charge in [-0.05, 0) is 51.8 Å². The van der Waals surface area contributed by atoms with Gasteiger partial charge < -0.3 is 4.90 Å². The van der Waals surface area contributed by atoms with Crippen molar-refractivity contribution in [2.75, 3.05) is 25.0 Å². The number of benzene rings is 1. The maximum absolute atomic E-state index is 11.2. The Bertz CT molecular complexity index is 780. The minimum atomic E-state index is -0.347. The molecule has 140 valence electrons. The molecule has 2 heterocycles. The molecule has 0 radical (unpaired) electrons. The van der Waals surface area contributed by atoms with Gasteiger partial charge in [0.05, 0.1) is 11.6 Å². The highest BCUT2D eigenvalue weighted by Gasteiger charge is 2.22. The van der Waals surface area contributed by atoms with Crippen LogP contribution < -0.4 is 4.90 Å². The Balaban J connectivity index is 1.74. The summed E-state index contributed by atoms with van der Waals surface area (Å²) in [5.41, 5.74) is 3.77. The molecule has 0 spiro atoms. The Labute approximate surface area is 154 Å². The lowest BCUT2D eigenvalue weighted by atomic mass is 10.1. The van der Waals surface area contributed by atoms with Gasteiger partial charge in [-0.3, -0.25) is 15.0 Å². The lowest BCUT2D eigenvalue weighted by Gasteiger charge is -2.31. The van der Waals surface area contributed by atoms with Crippen LogP contribution in [-0.4, -0.2) is 39.7 Å². The molecule has 3 rings (SSSR count). The van der Waals surface area contributed by atoms with Gasteiger partial charge in [0.15, 0.2) is 0 Å². The number of aryl methyl sites for hydroxylation is 1. The van der Waals surface area contributed by atoms with Crippen molar-refractivity contribution in [2.45, 2.75) is 46.3 Å². The van der Waals surface area contributed by atoms with Crippen molar-refractivity contribution in [3.63, 3.8) is 0 Å². The SMILES string of the molecule is Cc1nn(CN(C)Cc2ccccc2N2CCCCC2)c(C)c1[N+](=O)[O-]. The molecular weight excluding hydrogens is 330 g/mol. The van der Waals surface area contributed by atoms with Gasteiger partial charge in [-0.1, -0.05) is 18.2 Å². The fourth-order valence-electron chi connectivity index (χ4n) is 3.75. The normalized spacial score (nSPS) is 14.8. The second-order valence-corrected chi connectivity index (χ2v) is 7.11. The van der Waals surface area contributed by atoms with Crippen molar-refractivity contribution in [1.29, 1.82) is 0 Å². The molecule has 1 aliphatic rings. The van der Waals surface area contributed by atoms with Crippen LogP contribution in [0.25, 0.3) is 0 Å². The standard InChI is InChI=1S/C19H27N5O2/c1-15-19(24(25)26)16(2)23(20-15)14-21(3)13-17-9-5-6-10-18(17)22-11-7-4-8-12-22/h5-6,9-10H,4,7-8,11-14H2,1-3H3. The van der Waals surface area contributed by atoms with E-state index in [9.17, 15) is 10.1 Å². The Morgan fingerprint density at radius 3 is 2.54 bits per heavy atom. The zero-order chi connectivity index (χ0) is 18.7. The molecule has 0 bridgehead atoms. The van der Waals surface area contributed by atoms with E-state index in [1.807, 2.05) is 7.05 Å². The van der Waals surface area contributed by atoms with Crippen molar-refractivity contribution in [1.82, 2.24) is 14.7 Å². The van der Waals surface area contributed by atoms with E-state index in [0.29, 0.717) is 18.1 Å². The van der Waals surface area contributed by atoms with E-state index in [1.54, 1.807) is 18.5 Å². The predicted molar refractivity (Wildman–Crippen MR) is 102 cm³/mol. The lowest BCUT2D eigenvalue weighted by molar-refractivity contribution is -0.386. The molecule has 0 unspecified atom stereocenters. The van der Waals surface area contributed by atoms with Gasteiger partial charge in [0, 0.05) is 25.3 Å². The monoisotopic (exact) mass is 357 g/mol. The molecule has 26 heavy (non-hydrogen) atoms. The highest BCUT2D eigenvalue weighted by Crippen LogP contribution is 2.26. The molecule has 2 aromatic rings. The lowest BCUT2D eigenvalue weighted by Crippen LogP contribution is -2.31. The van der Waals surface area contributed by atoms with Gasteiger partial charge in [-0.15, -0.1) is 0 Å². The van der Waals surface area contributed by atoms with Crippen molar-refractivity contribution in [2.24, 2.45) is 0 Å². The average molecular weight is 357 g/mol. The van der Waals surface area contributed by atoms with Gasteiger partial charge in [-0.25, -0.2) is 4.68 Å². The molecule has 0 amide bonds. The minimum Gasteiger partial charge on any atom is -0.371 e. The van der Waals surface area contributed by atoms with E-state index in [-0.39, 0.29) is 10.6 Å². The summed E-state index contributed by atoms with van der Waals surface area (Å²) in [7, 11) is 2.02. The zero-order valence-corrected chi connectivity index (χ0v) is 15.8. The molecular formula is C19H27N5O2. The minimum absolute atomic E-state index is 0.118. The molecule has 7 heteroatoms. The van der Waals surface area contributed by atoms with Gasteiger partial charge >= 0.3 is 5.69 Å². The molecule has 0 atom stereocenters. The summed E-state index contributed by atoms with van der Waals surface area (Å²) in [6.07, 6.45) is 3.81. The van der Waals surface area contributed by atoms with E-state index in [1.165, 1.54) is 30.5 Å². The zero-order valence-electron chi connectivity index (χ0n) is 15.8. The van der Waals surface area contributed by atoms with Crippen LogP contribution in [0, 0.1) is 24.0 Å². The number of hydrogen-bond donors (Lipinski definition) is 0. The van der Waals surface area contributed by atoms with Gasteiger partial charge in [0.2, 0.25) is 0 Å². The summed E-state index contributed by atoms with van der Waals surface area (Å²) in [4.78, 5) is 15.5. The Kier molecular flexibility index (Phi) is 5.56. The summed E-state index contributed by atoms with van der Waals surface area (Å²) in [6, 6.07) is 8.54. The number of rotatable bonds is 6. The van der Waals surface area contributed by atoms with Crippen LogP contribution in [0.1, 0.15) is 36.2 Å². The number of nitro groups is 1. The van der Waals surface area contributed by atoms with E-state index < -0.39 is 0 Å². The Morgan fingerprint density at radius 2 is 1.88 bits per heavy atom. The molecule has 1 fully saturated rings. The first-order valence-corrected chi connectivity index (χ1v) is 9.17. The quantitative estimate of drug-likeness (QED) is 0.585. The number of para-hydroxylation sites is 1. The van der Waals surface area contributed by atoms with Crippen molar-refractivity contribution in [3.05, 3.63) is 51.3 Å². The van der Waals surface area contributed by atoms with Crippen LogP contribution in [-0.2, 0) is 13.2 Å². The number of nitrogens with zero attached hydrogens (tertiary/aromatic N) is 5. The van der Waals surface area contributed by atoms with E-state index >= 15 is 0 Å². The first-order chi connectivity index (χ1) is 12.5. The predicted octanol–water partition coefficient (Wildman–Crippen LogP) is 3.49. The van der Waals surface area contributed by atoms with Crippen molar-refractivity contribution >= 4 is 11.4 Å². The van der Waals surface area contributed by atoms with Gasteiger partial charge in [0.1, 0.15) is 11.4 Å². The number of anilines is 1. The fraction of sp³-hybridized carbons (Fsp3) is 0.526. The molecule has 1 aromatic heterocycles. The Hall–Kier alpha value is -2.41.